The van der Waals surface area contributed by atoms with Gasteiger partial charge in [0.05, 0.1) is 5.52 Å². The van der Waals surface area contributed by atoms with Gasteiger partial charge in [-0.2, -0.15) is 0 Å². The molecule has 2 nitrogen and oxygen atoms in total. The molecule has 6 rings (SSSR count). The van der Waals surface area contributed by atoms with E-state index in [9.17, 15) is 0 Å². The molecule has 0 N–H and O–H groups in total. The Morgan fingerprint density at radius 1 is 0.706 bits per heavy atom. The third-order valence-electron chi connectivity index (χ3n) is 7.30. The van der Waals surface area contributed by atoms with Crippen LogP contribution < -0.4 is 0 Å². The molecule has 0 aliphatic rings. The van der Waals surface area contributed by atoms with E-state index in [-0.39, 0.29) is 0 Å². The van der Waals surface area contributed by atoms with Crippen LogP contribution in [0.1, 0.15) is 25.3 Å². The maximum absolute atomic E-state index is 2.48. The molecular formula is C32H30N2. The molecule has 0 saturated carbocycles. The van der Waals surface area contributed by atoms with Crippen LogP contribution in [-0.4, -0.2) is 9.13 Å². The fraction of sp³-hybridized carbons (Fsp3) is 0.188. The first-order valence-electron chi connectivity index (χ1n) is 12.3. The molecule has 6 aromatic rings. The van der Waals surface area contributed by atoms with Gasteiger partial charge in [-0.15, -0.1) is 0 Å². The standard InChI is InChI=1S/C32H30N2/c1-4-5-13-23-20-26(22-14-7-6-8-15-22)31(27-21-33(2)28-18-11-9-16-24(27)28)32-30(23)25-17-10-12-19-29(25)34(32)3/h6-12,14-21H,4-5,13H2,1-3H3. The summed E-state index contributed by atoms with van der Waals surface area (Å²) in [6.07, 6.45) is 5.80. The molecule has 0 spiro atoms. The molecule has 0 saturated heterocycles. The van der Waals surface area contributed by atoms with E-state index in [1.807, 2.05) is 0 Å². The van der Waals surface area contributed by atoms with Crippen molar-refractivity contribution in [2.75, 3.05) is 0 Å². The molecule has 2 heterocycles. The first-order valence-corrected chi connectivity index (χ1v) is 12.3. The highest BCUT2D eigenvalue weighted by Gasteiger charge is 2.23. The number of aromatic nitrogens is 2. The van der Waals surface area contributed by atoms with Crippen molar-refractivity contribution >= 4 is 32.7 Å². The molecule has 4 aromatic carbocycles. The van der Waals surface area contributed by atoms with Gasteiger partial charge in [0.25, 0.3) is 0 Å². The van der Waals surface area contributed by atoms with Crippen molar-refractivity contribution in [1.29, 1.82) is 0 Å². The first kappa shape index (κ1) is 20.8. The molecule has 0 atom stereocenters. The van der Waals surface area contributed by atoms with E-state index in [0.717, 1.165) is 6.42 Å². The predicted octanol–water partition coefficient (Wildman–Crippen LogP) is 8.50. The van der Waals surface area contributed by atoms with E-state index in [0.29, 0.717) is 0 Å². The van der Waals surface area contributed by atoms with Crippen LogP contribution in [0.15, 0.2) is 91.1 Å². The van der Waals surface area contributed by atoms with Gasteiger partial charge in [0.2, 0.25) is 0 Å². The summed E-state index contributed by atoms with van der Waals surface area (Å²) >= 11 is 0. The summed E-state index contributed by atoms with van der Waals surface area (Å²) < 4.78 is 4.68. The summed E-state index contributed by atoms with van der Waals surface area (Å²) in [5, 5.41) is 4.07. The molecular weight excluding hydrogens is 412 g/mol. The summed E-state index contributed by atoms with van der Waals surface area (Å²) in [7, 11) is 4.39. The SMILES string of the molecule is CCCCc1cc(-c2ccccc2)c(-c2cn(C)c3ccccc23)c2c1c1ccccc1n2C. The summed E-state index contributed by atoms with van der Waals surface area (Å²) in [6.45, 7) is 2.28. The molecule has 0 unspecified atom stereocenters. The number of unbranched alkanes of at least 4 members (excludes halogenated alkanes) is 1. The number of hydrogen-bond acceptors (Lipinski definition) is 0. The van der Waals surface area contributed by atoms with Gasteiger partial charge < -0.3 is 9.13 Å². The lowest BCUT2D eigenvalue weighted by molar-refractivity contribution is 0.799. The van der Waals surface area contributed by atoms with Crippen LogP contribution in [-0.2, 0) is 20.5 Å². The van der Waals surface area contributed by atoms with Crippen molar-refractivity contribution in [2.24, 2.45) is 14.1 Å². The summed E-state index contributed by atoms with van der Waals surface area (Å²) in [6, 6.07) is 31.0. The Morgan fingerprint density at radius 2 is 1.38 bits per heavy atom. The molecule has 0 aliphatic carbocycles. The monoisotopic (exact) mass is 442 g/mol. The predicted molar refractivity (Wildman–Crippen MR) is 146 cm³/mol. The van der Waals surface area contributed by atoms with Crippen molar-refractivity contribution in [3.8, 4) is 22.3 Å². The Labute approximate surface area is 201 Å². The van der Waals surface area contributed by atoms with Crippen LogP contribution in [0, 0.1) is 0 Å². The van der Waals surface area contributed by atoms with E-state index in [4.69, 9.17) is 0 Å². The Bertz CT molecular complexity index is 1650. The first-order chi connectivity index (χ1) is 16.7. The van der Waals surface area contributed by atoms with E-state index < -0.39 is 0 Å². The van der Waals surface area contributed by atoms with Gasteiger partial charge in [0.1, 0.15) is 0 Å². The van der Waals surface area contributed by atoms with Gasteiger partial charge in [-0.1, -0.05) is 80.1 Å². The maximum atomic E-state index is 2.48. The fourth-order valence-corrected chi connectivity index (χ4v) is 5.68. The smallest absolute Gasteiger partial charge is 0.0578 e. The number of rotatable bonds is 5. The minimum Gasteiger partial charge on any atom is -0.350 e. The number of fused-ring (bicyclic) bond motifs is 4. The lowest BCUT2D eigenvalue weighted by Gasteiger charge is -2.17. The second-order valence-corrected chi connectivity index (χ2v) is 9.40. The highest BCUT2D eigenvalue weighted by atomic mass is 14.9. The number of benzene rings is 4. The minimum atomic E-state index is 1.09. The molecule has 0 fully saturated rings. The van der Waals surface area contributed by atoms with Crippen LogP contribution in [0.5, 0.6) is 0 Å². The van der Waals surface area contributed by atoms with Gasteiger partial charge in [-0.25, -0.2) is 0 Å². The number of hydrogen-bond donors (Lipinski definition) is 0. The Kier molecular flexibility index (Phi) is 5.03. The van der Waals surface area contributed by atoms with Crippen molar-refractivity contribution in [3.63, 3.8) is 0 Å². The van der Waals surface area contributed by atoms with Crippen LogP contribution in [0.3, 0.4) is 0 Å². The second kappa shape index (κ2) is 8.22. The molecule has 0 bridgehead atoms. The lowest BCUT2D eigenvalue weighted by atomic mass is 9.88. The fourth-order valence-electron chi connectivity index (χ4n) is 5.68. The van der Waals surface area contributed by atoms with Crippen molar-refractivity contribution < 1.29 is 0 Å². The molecule has 168 valence electrons. The zero-order valence-electron chi connectivity index (χ0n) is 20.2. The average Bonchev–Trinajstić information content (AvgIpc) is 3.38. The quantitative estimate of drug-likeness (QED) is 0.253. The third kappa shape index (κ3) is 3.09. The second-order valence-electron chi connectivity index (χ2n) is 9.40. The van der Waals surface area contributed by atoms with Crippen LogP contribution in [0.2, 0.25) is 0 Å². The zero-order chi connectivity index (χ0) is 23.2. The molecule has 0 radical (unpaired) electrons. The normalized spacial score (nSPS) is 11.7. The number of aryl methyl sites for hydroxylation is 3. The molecule has 0 aliphatic heterocycles. The Morgan fingerprint density at radius 3 is 2.15 bits per heavy atom. The third-order valence-corrected chi connectivity index (χ3v) is 7.30. The van der Waals surface area contributed by atoms with Crippen LogP contribution >= 0.6 is 0 Å². The van der Waals surface area contributed by atoms with Gasteiger partial charge in [0, 0.05) is 58.6 Å². The van der Waals surface area contributed by atoms with Gasteiger partial charge in [0.15, 0.2) is 0 Å². The summed E-state index contributed by atoms with van der Waals surface area (Å²) in [5.74, 6) is 0. The molecule has 0 amide bonds. The van der Waals surface area contributed by atoms with E-state index in [1.165, 1.54) is 73.4 Å². The average molecular weight is 443 g/mol. The van der Waals surface area contributed by atoms with Crippen LogP contribution in [0.25, 0.3) is 55.0 Å². The van der Waals surface area contributed by atoms with Crippen molar-refractivity contribution in [3.05, 3.63) is 96.7 Å². The summed E-state index contributed by atoms with van der Waals surface area (Å²) in [5.41, 5.74) is 10.6. The topological polar surface area (TPSA) is 9.86 Å². The molecule has 34 heavy (non-hydrogen) atoms. The van der Waals surface area contributed by atoms with E-state index in [2.05, 4.69) is 121 Å². The number of para-hydroxylation sites is 2. The van der Waals surface area contributed by atoms with E-state index >= 15 is 0 Å². The minimum absolute atomic E-state index is 1.09. The lowest BCUT2D eigenvalue weighted by Crippen LogP contribution is -1.96. The Hall–Kier alpha value is -3.78. The number of nitrogens with zero attached hydrogens (tertiary/aromatic N) is 2. The zero-order valence-corrected chi connectivity index (χ0v) is 20.2. The van der Waals surface area contributed by atoms with E-state index in [1.54, 1.807) is 0 Å². The molecule has 2 aromatic heterocycles. The highest BCUT2D eigenvalue weighted by molar-refractivity contribution is 6.19. The van der Waals surface area contributed by atoms with Crippen molar-refractivity contribution in [2.45, 2.75) is 26.2 Å². The molecule has 2 heteroatoms. The Balaban J connectivity index is 1.84. The van der Waals surface area contributed by atoms with Gasteiger partial charge >= 0.3 is 0 Å². The van der Waals surface area contributed by atoms with Crippen LogP contribution in [0.4, 0.5) is 0 Å². The van der Waals surface area contributed by atoms with Gasteiger partial charge in [-0.05, 0) is 47.7 Å². The highest BCUT2D eigenvalue weighted by Crippen LogP contribution is 2.46. The maximum Gasteiger partial charge on any atom is 0.0578 e. The largest absolute Gasteiger partial charge is 0.350 e. The van der Waals surface area contributed by atoms with Crippen molar-refractivity contribution in [1.82, 2.24) is 9.13 Å². The van der Waals surface area contributed by atoms with Gasteiger partial charge in [-0.3, -0.25) is 0 Å². The summed E-state index contributed by atoms with van der Waals surface area (Å²) in [4.78, 5) is 0.